The summed E-state index contributed by atoms with van der Waals surface area (Å²) in [6.07, 6.45) is 0.191. The van der Waals surface area contributed by atoms with E-state index in [1.807, 2.05) is 0 Å². The second-order valence-corrected chi connectivity index (χ2v) is 5.50. The predicted molar refractivity (Wildman–Crippen MR) is 67.8 cm³/mol. The maximum absolute atomic E-state index is 11.7. The van der Waals surface area contributed by atoms with Crippen LogP contribution in [0.2, 0.25) is 0 Å². The van der Waals surface area contributed by atoms with E-state index in [2.05, 4.69) is 11.3 Å². The van der Waals surface area contributed by atoms with Crippen molar-refractivity contribution in [2.45, 2.75) is 18.2 Å². The van der Waals surface area contributed by atoms with E-state index in [0.29, 0.717) is 12.1 Å². The predicted octanol–water partition coefficient (Wildman–Crippen LogP) is 1.17. The van der Waals surface area contributed by atoms with Crippen molar-refractivity contribution in [2.75, 3.05) is 6.54 Å². The lowest BCUT2D eigenvalue weighted by atomic mass is 10.1. The van der Waals surface area contributed by atoms with Gasteiger partial charge in [0, 0.05) is 18.5 Å². The molecule has 0 spiro atoms. The zero-order chi connectivity index (χ0) is 13.8. The van der Waals surface area contributed by atoms with Crippen molar-refractivity contribution in [3.8, 4) is 0 Å². The van der Waals surface area contributed by atoms with Gasteiger partial charge in [-0.2, -0.15) is 0 Å². The second-order valence-electron chi connectivity index (χ2n) is 3.73. The summed E-state index contributed by atoms with van der Waals surface area (Å²) in [5, 5.41) is 8.69. The first-order chi connectivity index (χ1) is 8.36. The summed E-state index contributed by atoms with van der Waals surface area (Å²) in [6.45, 7) is 5.44. The molecule has 18 heavy (non-hydrogen) atoms. The van der Waals surface area contributed by atoms with Crippen molar-refractivity contribution in [1.29, 1.82) is 0 Å². The van der Waals surface area contributed by atoms with Crippen LogP contribution >= 0.6 is 0 Å². The summed E-state index contributed by atoms with van der Waals surface area (Å²) in [7, 11) is -3.46. The third-order valence-electron chi connectivity index (χ3n) is 2.29. The maximum atomic E-state index is 11.7. The van der Waals surface area contributed by atoms with Crippen LogP contribution in [0.15, 0.2) is 41.3 Å². The van der Waals surface area contributed by atoms with Crippen LogP contribution in [0.25, 0.3) is 0 Å². The van der Waals surface area contributed by atoms with E-state index in [1.165, 1.54) is 12.1 Å². The van der Waals surface area contributed by atoms with E-state index in [4.69, 9.17) is 5.11 Å². The fourth-order valence-corrected chi connectivity index (χ4v) is 2.42. The van der Waals surface area contributed by atoms with E-state index >= 15 is 0 Å². The number of carbonyl (C=O) groups is 1. The van der Waals surface area contributed by atoms with E-state index in [9.17, 15) is 13.2 Å². The topological polar surface area (TPSA) is 83.5 Å². The van der Waals surface area contributed by atoms with Gasteiger partial charge in [-0.05, 0) is 17.7 Å². The van der Waals surface area contributed by atoms with Crippen molar-refractivity contribution >= 4 is 16.0 Å². The van der Waals surface area contributed by atoms with Crippen LogP contribution in [0.4, 0.5) is 0 Å². The molecule has 1 rings (SSSR count). The molecule has 0 atom stereocenters. The molecule has 98 valence electrons. The molecule has 0 fully saturated rings. The van der Waals surface area contributed by atoms with Crippen LogP contribution in [-0.4, -0.2) is 26.0 Å². The van der Waals surface area contributed by atoms with Crippen molar-refractivity contribution in [1.82, 2.24) is 4.72 Å². The summed E-state index contributed by atoms with van der Waals surface area (Å²) in [5.74, 6) is -1.06. The van der Waals surface area contributed by atoms with Crippen LogP contribution in [0.1, 0.15) is 12.5 Å². The van der Waals surface area contributed by atoms with Gasteiger partial charge in [-0.3, -0.25) is 0 Å². The summed E-state index contributed by atoms with van der Waals surface area (Å²) < 4.78 is 25.7. The lowest BCUT2D eigenvalue weighted by Crippen LogP contribution is -2.23. The fraction of sp³-hybridized carbons (Fsp3) is 0.250. The number of carboxylic acid groups (broad SMARTS) is 1. The zero-order valence-corrected chi connectivity index (χ0v) is 10.8. The summed E-state index contributed by atoms with van der Waals surface area (Å²) in [4.78, 5) is 10.8. The lowest BCUT2D eigenvalue weighted by Gasteiger charge is -2.06. The van der Waals surface area contributed by atoms with Gasteiger partial charge in [0.15, 0.2) is 0 Å². The Morgan fingerprint density at radius 2 is 1.89 bits per heavy atom. The Hall–Kier alpha value is -1.66. The van der Waals surface area contributed by atoms with Crippen molar-refractivity contribution in [2.24, 2.45) is 0 Å². The number of benzene rings is 1. The number of nitrogens with one attached hydrogen (secondary N) is 1. The minimum absolute atomic E-state index is 0.0669. The number of aliphatic carboxylic acids is 1. The minimum atomic E-state index is -3.46. The molecule has 0 heterocycles. The van der Waals surface area contributed by atoms with Gasteiger partial charge >= 0.3 is 5.97 Å². The average molecular weight is 269 g/mol. The Morgan fingerprint density at radius 1 is 1.33 bits per heavy atom. The Kier molecular flexibility index (Phi) is 4.63. The largest absolute Gasteiger partial charge is 0.478 e. The number of hydrogen-bond acceptors (Lipinski definition) is 3. The molecule has 1 aromatic rings. The molecule has 0 radical (unpaired) electrons. The Morgan fingerprint density at radius 3 is 2.33 bits per heavy atom. The van der Waals surface area contributed by atoms with Gasteiger partial charge in [0.25, 0.3) is 0 Å². The molecule has 1 aromatic carbocycles. The van der Waals surface area contributed by atoms with Gasteiger partial charge < -0.3 is 5.11 Å². The second kappa shape index (κ2) is 5.79. The molecular weight excluding hydrogens is 254 g/mol. The molecule has 0 aliphatic heterocycles. The van der Waals surface area contributed by atoms with E-state index in [0.717, 1.165) is 0 Å². The Balaban J connectivity index is 2.87. The first-order valence-corrected chi connectivity index (χ1v) is 6.85. The number of hydrogen-bond donors (Lipinski definition) is 2. The standard InChI is InChI=1S/C12H15NO4S/c1-3-13-18(16,17)11-6-4-10(5-7-11)8-9(2)12(14)15/h4-7,13H,2-3,8H2,1H3,(H,14,15). The van der Waals surface area contributed by atoms with Crippen molar-refractivity contribution in [3.63, 3.8) is 0 Å². The summed E-state index contributed by atoms with van der Waals surface area (Å²) in [5.41, 5.74) is 0.773. The van der Waals surface area contributed by atoms with Gasteiger partial charge in [0.1, 0.15) is 0 Å². The van der Waals surface area contributed by atoms with Crippen LogP contribution < -0.4 is 4.72 Å². The molecule has 6 heteroatoms. The first kappa shape index (κ1) is 14.4. The minimum Gasteiger partial charge on any atom is -0.478 e. The van der Waals surface area contributed by atoms with Crippen molar-refractivity contribution in [3.05, 3.63) is 42.0 Å². The van der Waals surface area contributed by atoms with E-state index in [-0.39, 0.29) is 16.9 Å². The maximum Gasteiger partial charge on any atom is 0.331 e. The van der Waals surface area contributed by atoms with Crippen LogP contribution in [0.3, 0.4) is 0 Å². The molecule has 0 amide bonds. The van der Waals surface area contributed by atoms with E-state index < -0.39 is 16.0 Å². The van der Waals surface area contributed by atoms with Crippen LogP contribution in [0, 0.1) is 0 Å². The highest BCUT2D eigenvalue weighted by atomic mass is 32.2. The smallest absolute Gasteiger partial charge is 0.331 e. The quantitative estimate of drug-likeness (QED) is 0.759. The van der Waals surface area contributed by atoms with Gasteiger partial charge in [0.2, 0.25) is 10.0 Å². The summed E-state index contributed by atoms with van der Waals surface area (Å²) in [6, 6.07) is 6.06. The zero-order valence-electron chi connectivity index (χ0n) is 10.0. The van der Waals surface area contributed by atoms with Crippen LogP contribution in [-0.2, 0) is 21.2 Å². The molecule has 0 unspecified atom stereocenters. The van der Waals surface area contributed by atoms with E-state index in [1.54, 1.807) is 19.1 Å². The molecule has 0 aliphatic rings. The molecular formula is C12H15NO4S. The highest BCUT2D eigenvalue weighted by Crippen LogP contribution is 2.13. The molecule has 0 saturated carbocycles. The third kappa shape index (κ3) is 3.68. The average Bonchev–Trinajstić information content (AvgIpc) is 2.29. The van der Waals surface area contributed by atoms with Gasteiger partial charge in [-0.15, -0.1) is 0 Å². The lowest BCUT2D eigenvalue weighted by molar-refractivity contribution is -0.132. The summed E-state index contributed by atoms with van der Waals surface area (Å²) >= 11 is 0. The molecule has 5 nitrogen and oxygen atoms in total. The van der Waals surface area contributed by atoms with Gasteiger partial charge in [-0.25, -0.2) is 17.9 Å². The van der Waals surface area contributed by atoms with Gasteiger partial charge in [0.05, 0.1) is 4.90 Å². The van der Waals surface area contributed by atoms with Crippen LogP contribution in [0.5, 0.6) is 0 Å². The molecule has 0 aromatic heterocycles. The molecule has 0 saturated heterocycles. The first-order valence-electron chi connectivity index (χ1n) is 5.36. The molecule has 0 bridgehead atoms. The highest BCUT2D eigenvalue weighted by molar-refractivity contribution is 7.89. The third-order valence-corrected chi connectivity index (χ3v) is 3.85. The normalized spacial score (nSPS) is 11.2. The number of sulfonamides is 1. The molecule has 2 N–H and O–H groups in total. The monoisotopic (exact) mass is 269 g/mol. The SMILES string of the molecule is C=C(Cc1ccc(S(=O)(=O)NCC)cc1)C(=O)O. The van der Waals surface area contributed by atoms with Gasteiger partial charge in [-0.1, -0.05) is 25.6 Å². The Bertz CT molecular complexity index is 546. The molecule has 0 aliphatic carbocycles. The Labute approximate surface area is 106 Å². The van der Waals surface area contributed by atoms with Crippen molar-refractivity contribution < 1.29 is 18.3 Å². The fourth-order valence-electron chi connectivity index (χ4n) is 1.38. The number of carboxylic acids is 1. The number of rotatable bonds is 6. The highest BCUT2D eigenvalue weighted by Gasteiger charge is 2.12.